The number of rotatable bonds is 8. The zero-order valence-corrected chi connectivity index (χ0v) is 9.44. The van der Waals surface area contributed by atoms with Crippen LogP contribution in [0.5, 0.6) is 0 Å². The molecule has 0 aromatic carbocycles. The van der Waals surface area contributed by atoms with E-state index in [-0.39, 0.29) is 0 Å². The van der Waals surface area contributed by atoms with E-state index in [0.29, 0.717) is 0 Å². The minimum Gasteiger partial charge on any atom is -0.481 e. The summed E-state index contributed by atoms with van der Waals surface area (Å²) in [5.41, 5.74) is -3.05. The van der Waals surface area contributed by atoms with E-state index >= 15 is 0 Å². The van der Waals surface area contributed by atoms with Crippen molar-refractivity contribution in [2.75, 3.05) is 0 Å². The van der Waals surface area contributed by atoms with Crippen molar-refractivity contribution < 1.29 is 53.6 Å². The molecular formula is C6H9O11P. The van der Waals surface area contributed by atoms with Gasteiger partial charge in [0.1, 0.15) is 0 Å². The molecule has 104 valence electrons. The molecule has 5 N–H and O–H groups in total. The molecule has 0 amide bonds. The Morgan fingerprint density at radius 3 is 1.67 bits per heavy atom. The van der Waals surface area contributed by atoms with E-state index in [1.54, 1.807) is 0 Å². The quantitative estimate of drug-likeness (QED) is 0.217. The number of carbonyl (C=O) groups is 3. The molecule has 0 rings (SSSR count). The Labute approximate surface area is 98.7 Å². The molecule has 0 saturated carbocycles. The second-order valence-electron chi connectivity index (χ2n) is 3.08. The van der Waals surface area contributed by atoms with Crippen molar-refractivity contribution in [3.8, 4) is 0 Å². The van der Waals surface area contributed by atoms with Gasteiger partial charge in [0.15, 0.2) is 5.60 Å². The third-order valence-corrected chi connectivity index (χ3v) is 2.44. The Hall–Kier alpha value is -1.52. The molecule has 0 aliphatic carbocycles. The van der Waals surface area contributed by atoms with Crippen LogP contribution in [0.2, 0.25) is 0 Å². The van der Waals surface area contributed by atoms with Crippen LogP contribution in [0, 0.1) is 0 Å². The van der Waals surface area contributed by atoms with Gasteiger partial charge in [-0.05, 0) is 0 Å². The van der Waals surface area contributed by atoms with Crippen LogP contribution in [0.4, 0.5) is 0 Å². The summed E-state index contributed by atoms with van der Waals surface area (Å²) in [5, 5.41) is 33.7. The number of carboxylic acid groups (broad SMARTS) is 3. The van der Waals surface area contributed by atoms with Crippen LogP contribution >= 0.6 is 7.82 Å². The molecule has 1 unspecified atom stereocenters. The Morgan fingerprint density at radius 2 is 1.44 bits per heavy atom. The van der Waals surface area contributed by atoms with Crippen LogP contribution in [0.3, 0.4) is 0 Å². The minimum atomic E-state index is -5.31. The van der Waals surface area contributed by atoms with E-state index < -0.39 is 44.2 Å². The van der Waals surface area contributed by atoms with E-state index in [1.165, 1.54) is 0 Å². The summed E-state index contributed by atoms with van der Waals surface area (Å²) < 4.78 is 17.8. The Kier molecular flexibility index (Phi) is 5.39. The molecule has 0 aliphatic rings. The lowest BCUT2D eigenvalue weighted by Gasteiger charge is -2.26. The maximum atomic E-state index is 10.9. The summed E-state index contributed by atoms with van der Waals surface area (Å²) in [4.78, 5) is 40.5. The van der Waals surface area contributed by atoms with Gasteiger partial charge in [-0.15, -0.1) is 4.67 Å². The number of hydrogen-bond acceptors (Lipinski definition) is 7. The summed E-state index contributed by atoms with van der Waals surface area (Å²) in [6.07, 6.45) is -2.86. The number of phosphoric ester groups is 1. The SMILES string of the molecule is O=C(O)CC(CC(=O)O)(OP(=O)(O)OO)C(=O)O. The minimum absolute atomic E-state index is 1.43. The van der Waals surface area contributed by atoms with Gasteiger partial charge in [0, 0.05) is 0 Å². The fourth-order valence-corrected chi connectivity index (χ4v) is 1.73. The molecule has 0 aromatic rings. The number of aliphatic carboxylic acids is 3. The standard InChI is InChI=1S/C6H9O11P/c7-3(8)1-6(5(11)12,2-4(9)10)16-18(14,15)17-13/h13H,1-2H2,(H,7,8)(H,9,10)(H,11,12)(H,14,15). The highest BCUT2D eigenvalue weighted by molar-refractivity contribution is 7.47. The number of carboxylic acids is 3. The fourth-order valence-electron chi connectivity index (χ4n) is 1.04. The van der Waals surface area contributed by atoms with Crippen molar-refractivity contribution in [2.45, 2.75) is 18.4 Å². The average Bonchev–Trinajstić information content (AvgIpc) is 2.14. The van der Waals surface area contributed by atoms with Crippen LogP contribution in [-0.4, -0.2) is 49.0 Å². The van der Waals surface area contributed by atoms with Crippen molar-refractivity contribution in [2.24, 2.45) is 0 Å². The molecule has 12 heteroatoms. The van der Waals surface area contributed by atoms with Crippen molar-refractivity contribution >= 4 is 25.7 Å². The second kappa shape index (κ2) is 5.89. The van der Waals surface area contributed by atoms with E-state index in [0.717, 1.165) is 0 Å². The average molecular weight is 288 g/mol. The predicted molar refractivity (Wildman–Crippen MR) is 49.5 cm³/mol. The summed E-state index contributed by atoms with van der Waals surface area (Å²) in [7, 11) is -5.31. The molecule has 1 atom stereocenters. The lowest BCUT2D eigenvalue weighted by molar-refractivity contribution is -0.187. The largest absolute Gasteiger partial charge is 0.500 e. The first-order valence-electron chi connectivity index (χ1n) is 4.08. The van der Waals surface area contributed by atoms with Gasteiger partial charge >= 0.3 is 25.7 Å². The highest BCUT2D eigenvalue weighted by Gasteiger charge is 2.50. The van der Waals surface area contributed by atoms with Crippen LogP contribution in [0.15, 0.2) is 0 Å². The Bertz CT molecular complexity index is 384. The summed E-state index contributed by atoms with van der Waals surface area (Å²) >= 11 is 0. The zero-order chi connectivity index (χ0) is 14.6. The number of hydrogen-bond donors (Lipinski definition) is 5. The molecule has 0 spiro atoms. The summed E-state index contributed by atoms with van der Waals surface area (Å²) in [6, 6.07) is 0. The third kappa shape index (κ3) is 4.77. The second-order valence-corrected chi connectivity index (χ2v) is 4.36. The van der Waals surface area contributed by atoms with Gasteiger partial charge in [-0.25, -0.2) is 14.6 Å². The molecule has 0 aromatic heterocycles. The van der Waals surface area contributed by atoms with Crippen molar-refractivity contribution in [3.05, 3.63) is 0 Å². The molecule has 0 saturated heterocycles. The third-order valence-electron chi connectivity index (χ3n) is 1.66. The first-order valence-corrected chi connectivity index (χ1v) is 5.58. The van der Waals surface area contributed by atoms with E-state index in [1.807, 2.05) is 0 Å². The Balaban J connectivity index is 5.45. The molecule has 0 aliphatic heterocycles. The monoisotopic (exact) mass is 288 g/mol. The normalized spacial score (nSPS) is 14.8. The highest BCUT2D eigenvalue weighted by atomic mass is 31.2. The summed E-state index contributed by atoms with van der Waals surface area (Å²) in [6.45, 7) is 0. The first-order chi connectivity index (χ1) is 8.04. The van der Waals surface area contributed by atoms with E-state index in [2.05, 4.69) is 9.20 Å². The van der Waals surface area contributed by atoms with Crippen LogP contribution < -0.4 is 0 Å². The smallest absolute Gasteiger partial charge is 0.481 e. The van der Waals surface area contributed by atoms with Gasteiger partial charge in [0.2, 0.25) is 0 Å². The van der Waals surface area contributed by atoms with Crippen molar-refractivity contribution in [1.82, 2.24) is 0 Å². The van der Waals surface area contributed by atoms with Crippen molar-refractivity contribution in [1.29, 1.82) is 0 Å². The fraction of sp³-hybridized carbons (Fsp3) is 0.500. The maximum Gasteiger partial charge on any atom is 0.500 e. The highest BCUT2D eigenvalue weighted by Crippen LogP contribution is 2.48. The molecule has 0 fully saturated rings. The maximum absolute atomic E-state index is 10.9. The van der Waals surface area contributed by atoms with Crippen LogP contribution in [0.1, 0.15) is 12.8 Å². The molecule has 11 nitrogen and oxygen atoms in total. The van der Waals surface area contributed by atoms with Gasteiger partial charge < -0.3 is 20.2 Å². The van der Waals surface area contributed by atoms with Gasteiger partial charge in [-0.3, -0.25) is 14.1 Å². The van der Waals surface area contributed by atoms with Crippen molar-refractivity contribution in [3.63, 3.8) is 0 Å². The lowest BCUT2D eigenvalue weighted by atomic mass is 9.96. The molecule has 0 bridgehead atoms. The topological polar surface area (TPSA) is 188 Å². The summed E-state index contributed by atoms with van der Waals surface area (Å²) in [5.74, 6) is -5.70. The van der Waals surface area contributed by atoms with Gasteiger partial charge in [0.05, 0.1) is 12.8 Å². The molecule has 0 heterocycles. The first kappa shape index (κ1) is 16.5. The van der Waals surface area contributed by atoms with Crippen LogP contribution in [-0.2, 0) is 28.1 Å². The van der Waals surface area contributed by atoms with Gasteiger partial charge in [0.25, 0.3) is 0 Å². The van der Waals surface area contributed by atoms with E-state index in [9.17, 15) is 18.9 Å². The van der Waals surface area contributed by atoms with Gasteiger partial charge in [-0.2, -0.15) is 0 Å². The molecular weight excluding hydrogens is 279 g/mol. The Morgan fingerprint density at radius 1 is 1.06 bits per heavy atom. The van der Waals surface area contributed by atoms with E-state index in [4.69, 9.17) is 25.5 Å². The number of phosphoric acid groups is 1. The van der Waals surface area contributed by atoms with Crippen LogP contribution in [0.25, 0.3) is 0 Å². The zero-order valence-electron chi connectivity index (χ0n) is 8.55. The molecule has 0 radical (unpaired) electrons. The predicted octanol–water partition coefficient (Wildman–Crippen LogP) is -0.634. The molecule has 18 heavy (non-hydrogen) atoms. The van der Waals surface area contributed by atoms with Gasteiger partial charge in [-0.1, -0.05) is 0 Å². The lowest BCUT2D eigenvalue weighted by Crippen LogP contribution is -2.44.